The summed E-state index contributed by atoms with van der Waals surface area (Å²) in [6, 6.07) is 16.3. The second kappa shape index (κ2) is 9.64. The molecule has 8 heteroatoms. The van der Waals surface area contributed by atoms with E-state index in [0.29, 0.717) is 24.6 Å². The lowest BCUT2D eigenvalue weighted by Gasteiger charge is -2.33. The second-order valence-corrected chi connectivity index (χ2v) is 7.73. The van der Waals surface area contributed by atoms with E-state index in [1.54, 1.807) is 13.2 Å². The number of carbonyl (C=O) groups is 1. The fourth-order valence-electron chi connectivity index (χ4n) is 3.91. The fraction of sp³-hybridized carbons (Fsp3) is 0.292. The van der Waals surface area contributed by atoms with Crippen LogP contribution in [0.4, 0.5) is 10.2 Å². The predicted molar refractivity (Wildman–Crippen MR) is 120 cm³/mol. The highest BCUT2D eigenvalue weighted by molar-refractivity contribution is 5.79. The van der Waals surface area contributed by atoms with Gasteiger partial charge in [0.25, 0.3) is 5.56 Å². The first kappa shape index (κ1) is 21.5. The molecule has 1 aliphatic heterocycles. The number of amides is 1. The minimum Gasteiger partial charge on any atom is -0.496 e. The Morgan fingerprint density at radius 1 is 1.16 bits per heavy atom. The van der Waals surface area contributed by atoms with Gasteiger partial charge >= 0.3 is 0 Å². The Hall–Kier alpha value is -3.68. The molecule has 2 heterocycles. The quantitative estimate of drug-likeness (QED) is 0.643. The van der Waals surface area contributed by atoms with Crippen molar-refractivity contribution in [2.24, 2.45) is 5.92 Å². The van der Waals surface area contributed by atoms with Gasteiger partial charge in [0.2, 0.25) is 5.91 Å². The van der Waals surface area contributed by atoms with Crippen molar-refractivity contribution < 1.29 is 13.9 Å². The molecule has 166 valence electrons. The Balaban J connectivity index is 1.45. The highest BCUT2D eigenvalue weighted by atomic mass is 19.1. The summed E-state index contributed by atoms with van der Waals surface area (Å²) in [5.74, 6) is 0.761. The summed E-state index contributed by atoms with van der Waals surface area (Å²) >= 11 is 0. The summed E-state index contributed by atoms with van der Waals surface area (Å²) in [5, 5.41) is 7.48. The zero-order valence-corrected chi connectivity index (χ0v) is 17.8. The van der Waals surface area contributed by atoms with Crippen molar-refractivity contribution >= 4 is 11.7 Å². The number of piperidine rings is 1. The highest BCUT2D eigenvalue weighted by Crippen LogP contribution is 2.22. The minimum absolute atomic E-state index is 0.0209. The van der Waals surface area contributed by atoms with Crippen LogP contribution in [0.1, 0.15) is 18.4 Å². The third-order valence-corrected chi connectivity index (χ3v) is 5.62. The molecule has 0 spiro atoms. The Labute approximate surface area is 185 Å². The number of anilines is 1. The lowest BCUT2D eigenvalue weighted by Crippen LogP contribution is -2.43. The predicted octanol–water partition coefficient (Wildman–Crippen LogP) is 2.91. The van der Waals surface area contributed by atoms with Crippen LogP contribution in [0.3, 0.4) is 0 Å². The summed E-state index contributed by atoms with van der Waals surface area (Å²) in [5.41, 5.74) is 1.11. The minimum atomic E-state index is -0.379. The number of methoxy groups -OCH3 is 1. The van der Waals surface area contributed by atoms with Gasteiger partial charge in [-0.1, -0.05) is 18.2 Å². The average molecular weight is 436 g/mol. The van der Waals surface area contributed by atoms with Gasteiger partial charge in [0.15, 0.2) is 0 Å². The number of hydrogen-bond donors (Lipinski definition) is 1. The normalized spacial score (nSPS) is 15.9. The summed E-state index contributed by atoms with van der Waals surface area (Å²) in [4.78, 5) is 27.1. The molecule has 0 unspecified atom stereocenters. The van der Waals surface area contributed by atoms with Crippen LogP contribution in [-0.2, 0) is 11.3 Å². The average Bonchev–Trinajstić information content (AvgIpc) is 2.83. The van der Waals surface area contributed by atoms with Crippen LogP contribution in [0.5, 0.6) is 5.75 Å². The van der Waals surface area contributed by atoms with Crippen molar-refractivity contribution in [2.45, 2.75) is 19.4 Å². The number of aromatic nitrogens is 2. The van der Waals surface area contributed by atoms with E-state index in [-0.39, 0.29) is 23.2 Å². The molecule has 1 N–H and O–H groups in total. The third kappa shape index (κ3) is 4.80. The van der Waals surface area contributed by atoms with Gasteiger partial charge in [-0.25, -0.2) is 4.39 Å². The molecule has 3 aromatic rings. The molecule has 1 aromatic heterocycles. The van der Waals surface area contributed by atoms with Crippen LogP contribution in [0.15, 0.2) is 65.5 Å². The van der Waals surface area contributed by atoms with Crippen molar-refractivity contribution in [3.8, 4) is 11.4 Å². The smallest absolute Gasteiger partial charge is 0.271 e. The van der Waals surface area contributed by atoms with Gasteiger partial charge in [0.05, 0.1) is 18.7 Å². The van der Waals surface area contributed by atoms with Crippen LogP contribution in [-0.4, -0.2) is 35.9 Å². The molecule has 7 nitrogen and oxygen atoms in total. The first-order valence-electron chi connectivity index (χ1n) is 10.6. The zero-order valence-electron chi connectivity index (χ0n) is 17.8. The van der Waals surface area contributed by atoms with Gasteiger partial charge in [-0.3, -0.25) is 9.59 Å². The summed E-state index contributed by atoms with van der Waals surface area (Å²) in [6.07, 6.45) is 1.62. The first-order chi connectivity index (χ1) is 15.5. The lowest BCUT2D eigenvalue weighted by molar-refractivity contribution is -0.125. The molecular weight excluding hydrogens is 411 g/mol. The molecule has 1 fully saturated rings. The number of nitrogens with one attached hydrogen (secondary N) is 1. The van der Waals surface area contributed by atoms with Crippen molar-refractivity contribution in [1.82, 2.24) is 15.1 Å². The van der Waals surface area contributed by atoms with Gasteiger partial charge < -0.3 is 15.0 Å². The third-order valence-electron chi connectivity index (χ3n) is 5.62. The lowest BCUT2D eigenvalue weighted by atomic mass is 9.97. The molecule has 0 bridgehead atoms. The monoisotopic (exact) mass is 436 g/mol. The van der Waals surface area contributed by atoms with Crippen LogP contribution < -0.4 is 20.5 Å². The molecule has 4 rings (SSSR count). The van der Waals surface area contributed by atoms with Gasteiger partial charge in [0, 0.05) is 31.3 Å². The molecule has 0 radical (unpaired) electrons. The van der Waals surface area contributed by atoms with Crippen LogP contribution in [0.2, 0.25) is 0 Å². The number of carbonyl (C=O) groups excluding carboxylic acids is 1. The van der Waals surface area contributed by atoms with Crippen molar-refractivity contribution in [3.05, 3.63) is 82.4 Å². The molecular formula is C24H25FN4O3. The molecule has 1 saturated heterocycles. The van der Waals surface area contributed by atoms with E-state index in [2.05, 4.69) is 10.4 Å². The molecule has 1 atom stereocenters. The number of hydrogen-bond acceptors (Lipinski definition) is 5. The van der Waals surface area contributed by atoms with Crippen LogP contribution >= 0.6 is 0 Å². The maximum atomic E-state index is 13.2. The van der Waals surface area contributed by atoms with Gasteiger partial charge in [-0.2, -0.15) is 4.68 Å². The Morgan fingerprint density at radius 2 is 1.94 bits per heavy atom. The Kier molecular flexibility index (Phi) is 6.49. The van der Waals surface area contributed by atoms with Crippen molar-refractivity contribution in [1.29, 1.82) is 0 Å². The van der Waals surface area contributed by atoms with Gasteiger partial charge in [0.1, 0.15) is 17.4 Å². The first-order valence-corrected chi connectivity index (χ1v) is 10.6. The zero-order chi connectivity index (χ0) is 22.5. The SMILES string of the molecule is COc1ccccc1CNC(=O)[C@H]1CCCN(c2ccc(=O)n(-c3ccc(F)cc3)n2)C1. The topological polar surface area (TPSA) is 76.5 Å². The fourth-order valence-corrected chi connectivity index (χ4v) is 3.91. The molecule has 1 amide bonds. The molecule has 1 aliphatic rings. The van der Waals surface area contributed by atoms with E-state index in [1.165, 1.54) is 35.0 Å². The molecule has 0 saturated carbocycles. The van der Waals surface area contributed by atoms with Crippen LogP contribution in [0, 0.1) is 11.7 Å². The largest absolute Gasteiger partial charge is 0.496 e. The van der Waals surface area contributed by atoms with Crippen molar-refractivity contribution in [3.63, 3.8) is 0 Å². The van der Waals surface area contributed by atoms with E-state index < -0.39 is 0 Å². The standard InChI is InChI=1S/C24H25FN4O3/c1-32-21-7-3-2-5-17(21)15-26-24(31)18-6-4-14-28(16-18)22-12-13-23(30)29(27-22)20-10-8-19(25)9-11-20/h2-3,5,7-13,18H,4,6,14-16H2,1H3,(H,26,31)/t18-/m0/s1. The van der Waals surface area contributed by atoms with E-state index in [9.17, 15) is 14.0 Å². The highest BCUT2D eigenvalue weighted by Gasteiger charge is 2.27. The number of para-hydroxylation sites is 1. The summed E-state index contributed by atoms with van der Waals surface area (Å²) < 4.78 is 19.8. The number of nitrogens with zero attached hydrogens (tertiary/aromatic N) is 3. The van der Waals surface area contributed by atoms with Gasteiger partial charge in [-0.15, -0.1) is 5.10 Å². The van der Waals surface area contributed by atoms with E-state index in [1.807, 2.05) is 29.2 Å². The number of rotatable bonds is 6. The van der Waals surface area contributed by atoms with E-state index in [0.717, 1.165) is 30.7 Å². The number of benzene rings is 2. The summed E-state index contributed by atoms with van der Waals surface area (Å²) in [7, 11) is 1.61. The van der Waals surface area contributed by atoms with E-state index in [4.69, 9.17) is 4.74 Å². The summed E-state index contributed by atoms with van der Waals surface area (Å²) in [6.45, 7) is 1.64. The second-order valence-electron chi connectivity index (χ2n) is 7.73. The maximum absolute atomic E-state index is 13.2. The molecule has 2 aromatic carbocycles. The van der Waals surface area contributed by atoms with Gasteiger partial charge in [-0.05, 0) is 49.2 Å². The van der Waals surface area contributed by atoms with Crippen molar-refractivity contribution in [2.75, 3.05) is 25.1 Å². The maximum Gasteiger partial charge on any atom is 0.271 e. The molecule has 32 heavy (non-hydrogen) atoms. The van der Waals surface area contributed by atoms with E-state index >= 15 is 0 Å². The number of halogens is 1. The molecule has 0 aliphatic carbocycles. The Bertz CT molecular complexity index is 1150. The van der Waals surface area contributed by atoms with Crippen LogP contribution in [0.25, 0.3) is 5.69 Å². The Morgan fingerprint density at radius 3 is 2.72 bits per heavy atom. The number of ether oxygens (including phenoxy) is 1.